The van der Waals surface area contributed by atoms with Gasteiger partial charge in [-0.15, -0.1) is 0 Å². The summed E-state index contributed by atoms with van der Waals surface area (Å²) in [7, 11) is -3.49. The third kappa shape index (κ3) is 4.86. The van der Waals surface area contributed by atoms with Crippen LogP contribution >= 0.6 is 11.6 Å². The summed E-state index contributed by atoms with van der Waals surface area (Å²) in [5.74, 6) is -1.08. The molecule has 3 aromatic rings. The molecular weight excluding hydrogens is 415 g/mol. The molecule has 0 aliphatic heterocycles. The van der Waals surface area contributed by atoms with Gasteiger partial charge in [-0.1, -0.05) is 24.6 Å². The molecule has 0 amide bonds. The van der Waals surface area contributed by atoms with Crippen LogP contribution in [-0.4, -0.2) is 25.4 Å². The minimum absolute atomic E-state index is 0.155. The molecule has 0 spiro atoms. The number of rotatable bonds is 6. The van der Waals surface area contributed by atoms with E-state index in [1.807, 2.05) is 19.9 Å². The smallest absolute Gasteiger partial charge is 0.229 e. The number of aryl methyl sites for hydroxylation is 1. The maximum atomic E-state index is 14.6. The van der Waals surface area contributed by atoms with Crippen molar-refractivity contribution >= 4 is 33.1 Å². The normalized spacial score (nSPS) is 12.6. The standard InChI is InChI=1S/C21H20ClFN2O3S/c1-12-10-19(24-20(12)21(26)14-4-6-15(22)7-5-14)13(2)17-9-8-16(11-18(17)23)25-29(3,27)28/h4-11,13,24-25H,1-3H3. The lowest BCUT2D eigenvalue weighted by molar-refractivity contribution is 0.103. The van der Waals surface area contributed by atoms with E-state index in [2.05, 4.69) is 9.71 Å². The van der Waals surface area contributed by atoms with E-state index >= 15 is 0 Å². The van der Waals surface area contributed by atoms with Gasteiger partial charge in [0.15, 0.2) is 0 Å². The van der Waals surface area contributed by atoms with E-state index in [1.165, 1.54) is 12.1 Å². The Bertz CT molecular complexity index is 1170. The summed E-state index contributed by atoms with van der Waals surface area (Å²) in [6, 6.07) is 12.6. The summed E-state index contributed by atoms with van der Waals surface area (Å²) >= 11 is 5.88. The van der Waals surface area contributed by atoms with E-state index in [1.54, 1.807) is 24.3 Å². The van der Waals surface area contributed by atoms with Crippen LogP contribution in [0.15, 0.2) is 48.5 Å². The van der Waals surface area contributed by atoms with Gasteiger partial charge in [0.1, 0.15) is 5.82 Å². The molecule has 3 rings (SSSR count). The maximum Gasteiger partial charge on any atom is 0.229 e. The predicted octanol–water partition coefficient (Wildman–Crippen LogP) is 4.87. The zero-order valence-corrected chi connectivity index (χ0v) is 17.7. The van der Waals surface area contributed by atoms with Crippen molar-refractivity contribution < 1.29 is 17.6 Å². The number of aromatic amines is 1. The molecule has 0 radical (unpaired) electrons. The van der Waals surface area contributed by atoms with Gasteiger partial charge < -0.3 is 4.98 Å². The first-order valence-corrected chi connectivity index (χ1v) is 11.1. The van der Waals surface area contributed by atoms with Crippen molar-refractivity contribution in [2.75, 3.05) is 11.0 Å². The molecule has 1 aromatic heterocycles. The first kappa shape index (κ1) is 21.1. The number of carbonyl (C=O) groups excluding carboxylic acids is 1. The fraction of sp³-hybridized carbons (Fsp3) is 0.190. The molecule has 1 atom stereocenters. The Morgan fingerprint density at radius 3 is 2.38 bits per heavy atom. The molecule has 29 heavy (non-hydrogen) atoms. The summed E-state index contributed by atoms with van der Waals surface area (Å²) < 4.78 is 39.5. The van der Waals surface area contributed by atoms with Crippen LogP contribution < -0.4 is 4.72 Å². The lowest BCUT2D eigenvalue weighted by Gasteiger charge is -2.13. The van der Waals surface area contributed by atoms with Crippen molar-refractivity contribution in [3.05, 3.63) is 87.4 Å². The van der Waals surface area contributed by atoms with Crippen LogP contribution in [0.3, 0.4) is 0 Å². The van der Waals surface area contributed by atoms with Gasteiger partial charge in [-0.25, -0.2) is 12.8 Å². The highest BCUT2D eigenvalue weighted by molar-refractivity contribution is 7.92. The van der Waals surface area contributed by atoms with E-state index in [9.17, 15) is 17.6 Å². The predicted molar refractivity (Wildman–Crippen MR) is 113 cm³/mol. The minimum Gasteiger partial charge on any atom is -0.355 e. The van der Waals surface area contributed by atoms with Crippen LogP contribution in [0.2, 0.25) is 5.02 Å². The van der Waals surface area contributed by atoms with E-state index in [0.29, 0.717) is 27.5 Å². The number of nitrogens with one attached hydrogen (secondary N) is 2. The second kappa shape index (κ2) is 8.00. The molecule has 0 aliphatic rings. The number of carbonyl (C=O) groups is 1. The zero-order valence-electron chi connectivity index (χ0n) is 16.1. The molecule has 2 N–H and O–H groups in total. The molecule has 8 heteroatoms. The Kier molecular flexibility index (Phi) is 5.82. The first-order valence-electron chi connectivity index (χ1n) is 8.82. The third-order valence-corrected chi connectivity index (χ3v) is 5.46. The third-order valence-electron chi connectivity index (χ3n) is 4.61. The highest BCUT2D eigenvalue weighted by Crippen LogP contribution is 2.29. The van der Waals surface area contributed by atoms with Crippen LogP contribution in [0.5, 0.6) is 0 Å². The minimum atomic E-state index is -3.49. The number of H-pyrrole nitrogens is 1. The van der Waals surface area contributed by atoms with Crippen molar-refractivity contribution in [3.63, 3.8) is 0 Å². The maximum absolute atomic E-state index is 14.6. The highest BCUT2D eigenvalue weighted by atomic mass is 35.5. The van der Waals surface area contributed by atoms with Crippen LogP contribution in [0.4, 0.5) is 10.1 Å². The Morgan fingerprint density at radius 2 is 1.79 bits per heavy atom. The number of anilines is 1. The van der Waals surface area contributed by atoms with Crippen LogP contribution in [-0.2, 0) is 10.0 Å². The SMILES string of the molecule is Cc1cc(C(C)c2ccc(NS(C)(=O)=O)cc2F)[nH]c1C(=O)c1ccc(Cl)cc1. The first-order chi connectivity index (χ1) is 13.5. The summed E-state index contributed by atoms with van der Waals surface area (Å²) in [5.41, 5.74) is 2.91. The summed E-state index contributed by atoms with van der Waals surface area (Å²) in [6.07, 6.45) is 1.00. The van der Waals surface area contributed by atoms with Gasteiger partial charge in [-0.05, 0) is 60.5 Å². The largest absolute Gasteiger partial charge is 0.355 e. The van der Waals surface area contributed by atoms with Gasteiger partial charge in [0.2, 0.25) is 15.8 Å². The second-order valence-corrected chi connectivity index (χ2v) is 9.14. The van der Waals surface area contributed by atoms with Gasteiger partial charge in [0, 0.05) is 22.2 Å². The Labute approximate surface area is 174 Å². The molecule has 2 aromatic carbocycles. The highest BCUT2D eigenvalue weighted by Gasteiger charge is 2.20. The monoisotopic (exact) mass is 434 g/mol. The van der Waals surface area contributed by atoms with Gasteiger partial charge in [0.05, 0.1) is 17.6 Å². The van der Waals surface area contributed by atoms with Crippen LogP contribution in [0.25, 0.3) is 0 Å². The molecule has 152 valence electrons. The fourth-order valence-corrected chi connectivity index (χ4v) is 3.80. The van der Waals surface area contributed by atoms with Gasteiger partial charge in [-0.3, -0.25) is 9.52 Å². The molecule has 0 aliphatic carbocycles. The summed E-state index contributed by atoms with van der Waals surface area (Å²) in [4.78, 5) is 15.9. The van der Waals surface area contributed by atoms with Gasteiger partial charge in [0.25, 0.3) is 0 Å². The van der Waals surface area contributed by atoms with Crippen molar-refractivity contribution in [2.45, 2.75) is 19.8 Å². The van der Waals surface area contributed by atoms with Crippen molar-refractivity contribution in [3.8, 4) is 0 Å². The van der Waals surface area contributed by atoms with E-state index < -0.39 is 15.8 Å². The van der Waals surface area contributed by atoms with Gasteiger partial charge >= 0.3 is 0 Å². The molecule has 1 heterocycles. The number of hydrogen-bond acceptors (Lipinski definition) is 3. The topological polar surface area (TPSA) is 79.0 Å². The lowest BCUT2D eigenvalue weighted by Crippen LogP contribution is -2.10. The lowest BCUT2D eigenvalue weighted by atomic mass is 9.97. The Balaban J connectivity index is 1.89. The van der Waals surface area contributed by atoms with Crippen molar-refractivity contribution in [2.24, 2.45) is 0 Å². The van der Waals surface area contributed by atoms with Crippen LogP contribution in [0.1, 0.15) is 45.7 Å². The number of aromatic nitrogens is 1. The molecule has 0 bridgehead atoms. The fourth-order valence-electron chi connectivity index (χ4n) is 3.12. The summed E-state index contributed by atoms with van der Waals surface area (Å²) in [6.45, 7) is 3.62. The second-order valence-electron chi connectivity index (χ2n) is 6.95. The summed E-state index contributed by atoms with van der Waals surface area (Å²) in [5, 5.41) is 0.545. The number of halogens is 2. The van der Waals surface area contributed by atoms with Crippen molar-refractivity contribution in [1.82, 2.24) is 4.98 Å². The number of hydrogen-bond donors (Lipinski definition) is 2. The van der Waals surface area contributed by atoms with Crippen molar-refractivity contribution in [1.29, 1.82) is 0 Å². The van der Waals surface area contributed by atoms with E-state index in [0.717, 1.165) is 17.9 Å². The Morgan fingerprint density at radius 1 is 1.14 bits per heavy atom. The average Bonchev–Trinajstić information content (AvgIpc) is 3.02. The molecule has 1 unspecified atom stereocenters. The zero-order chi connectivity index (χ0) is 21.3. The number of sulfonamides is 1. The average molecular weight is 435 g/mol. The van der Waals surface area contributed by atoms with Crippen LogP contribution in [0, 0.1) is 12.7 Å². The molecule has 0 saturated heterocycles. The van der Waals surface area contributed by atoms with Gasteiger partial charge in [-0.2, -0.15) is 0 Å². The van der Waals surface area contributed by atoms with E-state index in [-0.39, 0.29) is 17.4 Å². The molecular formula is C21H20ClFN2O3S. The number of ketones is 1. The quantitative estimate of drug-likeness (QED) is 0.543. The van der Waals surface area contributed by atoms with E-state index in [4.69, 9.17) is 11.6 Å². The number of benzene rings is 2. The Hall–Kier alpha value is -2.64. The molecule has 0 fully saturated rings. The molecule has 0 saturated carbocycles. The molecule has 5 nitrogen and oxygen atoms in total.